The van der Waals surface area contributed by atoms with Crippen molar-refractivity contribution >= 4 is 17.8 Å². The highest BCUT2D eigenvalue weighted by Gasteiger charge is 2.19. The molecule has 0 radical (unpaired) electrons. The van der Waals surface area contributed by atoms with Gasteiger partial charge in [0.05, 0.1) is 65.4 Å². The van der Waals surface area contributed by atoms with Crippen LogP contribution in [0.15, 0.2) is 12.5 Å². The monoisotopic (exact) mass is 1070 g/mol. The number of hydrogen-bond acceptors (Lipinski definition) is 10. The van der Waals surface area contributed by atoms with Crippen molar-refractivity contribution < 1.29 is 38.1 Å². The average Bonchev–Trinajstić information content (AvgIpc) is 3.98. The number of aromatic amines is 1. The van der Waals surface area contributed by atoms with E-state index >= 15 is 0 Å². The maximum atomic E-state index is 12.7. The molecule has 2 N–H and O–H groups in total. The molecule has 0 aliphatic heterocycles. The first kappa shape index (κ1) is 71.5. The summed E-state index contributed by atoms with van der Waals surface area (Å²) in [7, 11) is 0. The van der Waals surface area contributed by atoms with Crippen LogP contribution in [0.2, 0.25) is 0 Å². The second kappa shape index (κ2) is 55.8. The number of H-pyrrole nitrogens is 1. The molecule has 2 unspecified atom stereocenters. The molecule has 0 aliphatic carbocycles. The van der Waals surface area contributed by atoms with Crippen molar-refractivity contribution in [2.24, 2.45) is 11.8 Å². The van der Waals surface area contributed by atoms with Gasteiger partial charge < -0.3 is 34.0 Å². The van der Waals surface area contributed by atoms with Gasteiger partial charge >= 0.3 is 11.9 Å². The van der Waals surface area contributed by atoms with E-state index in [1.54, 1.807) is 0 Å². The van der Waals surface area contributed by atoms with Crippen LogP contribution in [0.1, 0.15) is 296 Å². The van der Waals surface area contributed by atoms with Crippen LogP contribution in [0.25, 0.3) is 0 Å². The molecule has 0 spiro atoms. The summed E-state index contributed by atoms with van der Waals surface area (Å²) in [5.41, 5.74) is 0.438. The van der Waals surface area contributed by atoms with E-state index in [-0.39, 0.29) is 17.8 Å². The molecule has 12 heteroatoms. The summed E-state index contributed by atoms with van der Waals surface area (Å²) < 4.78 is 29.3. The van der Waals surface area contributed by atoms with Crippen LogP contribution in [0.5, 0.6) is 0 Å². The van der Waals surface area contributed by atoms with Gasteiger partial charge in [0, 0.05) is 32.0 Å². The van der Waals surface area contributed by atoms with E-state index in [1.165, 1.54) is 224 Å². The van der Waals surface area contributed by atoms with Gasteiger partial charge in [-0.3, -0.25) is 19.3 Å². The Labute approximate surface area is 467 Å². The number of rotatable bonds is 60. The van der Waals surface area contributed by atoms with Crippen LogP contribution in [0.4, 0.5) is 0 Å². The van der Waals surface area contributed by atoms with Crippen molar-refractivity contribution in [1.82, 2.24) is 20.2 Å². The molecule has 12 nitrogen and oxygen atoms in total. The lowest BCUT2D eigenvalue weighted by atomic mass is 9.96. The number of carbonyl (C=O) groups is 3. The number of amides is 1. The van der Waals surface area contributed by atoms with Crippen LogP contribution >= 0.6 is 0 Å². The largest absolute Gasteiger partial charge is 0.465 e. The van der Waals surface area contributed by atoms with Crippen molar-refractivity contribution in [2.45, 2.75) is 291 Å². The number of hydrogen-bond donors (Lipinski definition) is 2. The van der Waals surface area contributed by atoms with Gasteiger partial charge in [-0.25, -0.2) is 4.98 Å². The van der Waals surface area contributed by atoms with Gasteiger partial charge in [0.15, 0.2) is 0 Å². The average molecular weight is 1080 g/mol. The van der Waals surface area contributed by atoms with Gasteiger partial charge in [0.1, 0.15) is 5.69 Å². The van der Waals surface area contributed by atoms with Crippen LogP contribution < -0.4 is 5.32 Å². The highest BCUT2D eigenvalue weighted by molar-refractivity contribution is 5.91. The summed E-state index contributed by atoms with van der Waals surface area (Å²) in [5.74, 6) is 0.842. The second-order valence-electron chi connectivity index (χ2n) is 22.3. The molecule has 0 aromatic carbocycles. The lowest BCUT2D eigenvalue weighted by molar-refractivity contribution is -0.146. The smallest absolute Gasteiger partial charge is 0.305 e. The Kier molecular flexibility index (Phi) is 52.4. The fraction of sp³-hybridized carbons (Fsp3) is 0.906. The maximum Gasteiger partial charge on any atom is 0.305 e. The third-order valence-corrected chi connectivity index (χ3v) is 15.3. The summed E-state index contributed by atoms with van der Waals surface area (Å²) in [4.78, 5) is 46.9. The Balaban J connectivity index is 2.65. The van der Waals surface area contributed by atoms with E-state index in [0.29, 0.717) is 95.8 Å². The molecule has 0 fully saturated rings. The fourth-order valence-corrected chi connectivity index (χ4v) is 10.3. The number of nitrogens with one attached hydrogen (secondary N) is 2. The predicted molar refractivity (Wildman–Crippen MR) is 316 cm³/mol. The van der Waals surface area contributed by atoms with E-state index < -0.39 is 0 Å². The first-order valence-corrected chi connectivity index (χ1v) is 32.4. The van der Waals surface area contributed by atoms with Crippen molar-refractivity contribution in [3.63, 3.8) is 0 Å². The summed E-state index contributed by atoms with van der Waals surface area (Å²) in [6.45, 7) is 18.2. The van der Waals surface area contributed by atoms with Gasteiger partial charge in [-0.2, -0.15) is 0 Å². The lowest BCUT2D eigenvalue weighted by Gasteiger charge is -2.32. The zero-order valence-electron chi connectivity index (χ0n) is 50.4. The van der Waals surface area contributed by atoms with Crippen LogP contribution in [0, 0.1) is 11.8 Å². The molecule has 76 heavy (non-hydrogen) atoms. The molecule has 0 aliphatic rings. The summed E-state index contributed by atoms with van der Waals surface area (Å²) in [5, 5.41) is 2.81. The Morgan fingerprint density at radius 3 is 1.33 bits per heavy atom. The minimum absolute atomic E-state index is 0.00235. The second-order valence-corrected chi connectivity index (χ2v) is 22.3. The third kappa shape index (κ3) is 45.3. The zero-order valence-corrected chi connectivity index (χ0v) is 50.4. The van der Waals surface area contributed by atoms with Gasteiger partial charge in [-0.1, -0.05) is 214 Å². The Bertz CT molecular complexity index is 1330. The highest BCUT2D eigenvalue weighted by Crippen LogP contribution is 2.23. The molecular weight excluding hydrogens is 953 g/mol. The van der Waals surface area contributed by atoms with Gasteiger partial charge in [-0.15, -0.1) is 0 Å². The molecule has 446 valence electrons. The molecule has 0 saturated heterocycles. The number of aromatic nitrogens is 2. The van der Waals surface area contributed by atoms with Crippen LogP contribution in [-0.2, 0) is 33.3 Å². The first-order valence-electron chi connectivity index (χ1n) is 32.4. The molecular formula is C64H122N4O8. The molecule has 0 bridgehead atoms. The topological polar surface area (TPSA) is 141 Å². The normalized spacial score (nSPS) is 12.8. The van der Waals surface area contributed by atoms with Gasteiger partial charge in [0.25, 0.3) is 5.91 Å². The SMILES string of the molecule is CCCCCCCCCN(CCOCCOCCOCCNC(=O)c1cnc[nH]1)C(CCCCCCCCC(=O)OCC(CCCC)CCCCCC)CCCCCCCCC(=O)OCC(CCCC)CCCCCC. The number of esters is 2. The minimum Gasteiger partial charge on any atom is -0.465 e. The van der Waals surface area contributed by atoms with E-state index in [9.17, 15) is 14.4 Å². The molecule has 1 amide bonds. The third-order valence-electron chi connectivity index (χ3n) is 15.3. The first-order chi connectivity index (χ1) is 37.4. The van der Waals surface area contributed by atoms with E-state index in [4.69, 9.17) is 23.7 Å². The number of unbranched alkanes of at least 4 members (excludes halogenated alkanes) is 24. The number of imidazole rings is 1. The molecule has 1 aromatic rings. The summed E-state index contributed by atoms with van der Waals surface area (Å²) in [6, 6.07) is 0.548. The molecule has 1 rings (SSSR count). The van der Waals surface area contributed by atoms with Gasteiger partial charge in [-0.05, 0) is 76.2 Å². The number of ether oxygens (including phenoxy) is 5. The van der Waals surface area contributed by atoms with E-state index in [0.717, 1.165) is 38.8 Å². The zero-order chi connectivity index (χ0) is 55.0. The molecule has 1 aromatic heterocycles. The predicted octanol–water partition coefficient (Wildman–Crippen LogP) is 16.5. The van der Waals surface area contributed by atoms with Crippen molar-refractivity contribution in [3.8, 4) is 0 Å². The standard InChI is InChI=1S/C64H122N4O8/c1-6-11-16-19-24-29-36-46-68(47-49-73-51-53-74-52-50-72-48-45-66-64(71)61-54-65-57-67-61)60(41-32-25-20-22-27-34-43-62(69)75-55-58(37-14-9-4)39-30-17-12-7-2)42-33-26-21-23-28-35-44-63(70)76-56-59(38-15-10-5)40-31-18-13-8-3/h54,57-60H,6-53,55-56H2,1-5H3,(H,65,67)(H,66,71). The van der Waals surface area contributed by atoms with Crippen molar-refractivity contribution in [3.05, 3.63) is 18.2 Å². The summed E-state index contributed by atoms with van der Waals surface area (Å²) in [6.07, 6.45) is 49.3. The fourth-order valence-electron chi connectivity index (χ4n) is 10.3. The maximum absolute atomic E-state index is 12.7. The summed E-state index contributed by atoms with van der Waals surface area (Å²) >= 11 is 0. The van der Waals surface area contributed by atoms with Crippen LogP contribution in [0.3, 0.4) is 0 Å². The highest BCUT2D eigenvalue weighted by atomic mass is 16.5. The Morgan fingerprint density at radius 1 is 0.461 bits per heavy atom. The van der Waals surface area contributed by atoms with E-state index in [1.807, 2.05) is 0 Å². The molecule has 2 atom stereocenters. The van der Waals surface area contributed by atoms with Crippen molar-refractivity contribution in [1.29, 1.82) is 0 Å². The van der Waals surface area contributed by atoms with Crippen LogP contribution in [-0.4, -0.2) is 111 Å². The van der Waals surface area contributed by atoms with E-state index in [2.05, 4.69) is 54.8 Å². The quantitative estimate of drug-likeness (QED) is 0.0478. The van der Waals surface area contributed by atoms with Gasteiger partial charge in [0.2, 0.25) is 0 Å². The number of nitrogens with zero attached hydrogens (tertiary/aromatic N) is 2. The minimum atomic E-state index is -0.192. The lowest BCUT2D eigenvalue weighted by Crippen LogP contribution is -2.39. The Morgan fingerprint density at radius 2 is 0.855 bits per heavy atom. The van der Waals surface area contributed by atoms with Crippen molar-refractivity contribution in [2.75, 3.05) is 72.5 Å². The molecule has 1 heterocycles. The Hall–Kier alpha value is -2.54. The molecule has 0 saturated carbocycles. The number of carbonyl (C=O) groups excluding carboxylic acids is 3.